The molecule has 0 spiro atoms. The molecule has 1 heterocycles. The van der Waals surface area contributed by atoms with E-state index in [9.17, 15) is 15.0 Å². The predicted molar refractivity (Wildman–Crippen MR) is 68.4 cm³/mol. The monoisotopic (exact) mass is 249 g/mol. The van der Waals surface area contributed by atoms with Crippen molar-refractivity contribution in [3.05, 3.63) is 29.8 Å². The Kier molecular flexibility index (Phi) is 3.87. The minimum absolute atomic E-state index is 0.0154. The number of aliphatic hydroxyl groups is 1. The summed E-state index contributed by atoms with van der Waals surface area (Å²) in [5.74, 6) is -0.00586. The third-order valence-electron chi connectivity index (χ3n) is 3.56. The largest absolute Gasteiger partial charge is 0.507 e. The molecule has 0 bridgehead atoms. The molecule has 2 unspecified atom stereocenters. The topological polar surface area (TPSA) is 60.8 Å². The first-order chi connectivity index (χ1) is 8.59. The number of para-hydroxylation sites is 1. The van der Waals surface area contributed by atoms with Gasteiger partial charge in [-0.15, -0.1) is 0 Å². The summed E-state index contributed by atoms with van der Waals surface area (Å²) in [6.45, 7) is 3.01. The van der Waals surface area contributed by atoms with Crippen molar-refractivity contribution in [2.45, 2.75) is 25.9 Å². The highest BCUT2D eigenvalue weighted by molar-refractivity contribution is 5.96. The van der Waals surface area contributed by atoms with Crippen LogP contribution in [0.1, 0.15) is 30.1 Å². The smallest absolute Gasteiger partial charge is 0.257 e. The van der Waals surface area contributed by atoms with Gasteiger partial charge in [-0.3, -0.25) is 4.79 Å². The van der Waals surface area contributed by atoms with Gasteiger partial charge in [-0.2, -0.15) is 0 Å². The second-order valence-electron chi connectivity index (χ2n) is 4.91. The van der Waals surface area contributed by atoms with Crippen LogP contribution in [0.15, 0.2) is 24.3 Å². The Hall–Kier alpha value is -1.55. The molecule has 1 saturated heterocycles. The zero-order chi connectivity index (χ0) is 13.1. The Morgan fingerprint density at radius 3 is 2.83 bits per heavy atom. The normalized spacial score (nSPS) is 21.7. The standard InChI is InChI=1S/C14H19NO3/c1-10(16)11-5-4-8-15(9-11)14(18)12-6-2-3-7-13(12)17/h2-3,6-7,10-11,16-17H,4-5,8-9H2,1H3. The number of aliphatic hydroxyl groups excluding tert-OH is 1. The third-order valence-corrected chi connectivity index (χ3v) is 3.56. The third kappa shape index (κ3) is 2.64. The van der Waals surface area contributed by atoms with Crippen LogP contribution in [0.5, 0.6) is 5.75 Å². The van der Waals surface area contributed by atoms with E-state index in [1.807, 2.05) is 0 Å². The van der Waals surface area contributed by atoms with Crippen molar-refractivity contribution in [2.75, 3.05) is 13.1 Å². The van der Waals surface area contributed by atoms with Crippen molar-refractivity contribution >= 4 is 5.91 Å². The molecular weight excluding hydrogens is 230 g/mol. The Morgan fingerprint density at radius 2 is 2.17 bits per heavy atom. The molecule has 1 aliphatic rings. The molecule has 1 amide bonds. The highest BCUT2D eigenvalue weighted by atomic mass is 16.3. The summed E-state index contributed by atoms with van der Waals surface area (Å²) in [5.41, 5.74) is 0.337. The number of hydrogen-bond donors (Lipinski definition) is 2. The maximum atomic E-state index is 12.3. The number of aromatic hydroxyl groups is 1. The summed E-state index contributed by atoms with van der Waals surface area (Å²) in [6.07, 6.45) is 1.45. The van der Waals surface area contributed by atoms with Gasteiger partial charge >= 0.3 is 0 Å². The molecule has 0 radical (unpaired) electrons. The number of nitrogens with zero attached hydrogens (tertiary/aromatic N) is 1. The van der Waals surface area contributed by atoms with Gasteiger partial charge in [0.05, 0.1) is 11.7 Å². The summed E-state index contributed by atoms with van der Waals surface area (Å²) >= 11 is 0. The second-order valence-corrected chi connectivity index (χ2v) is 4.91. The number of piperidine rings is 1. The van der Waals surface area contributed by atoms with Crippen molar-refractivity contribution in [2.24, 2.45) is 5.92 Å². The van der Waals surface area contributed by atoms with Gasteiger partial charge in [0.1, 0.15) is 5.75 Å². The minimum Gasteiger partial charge on any atom is -0.507 e. The van der Waals surface area contributed by atoms with E-state index < -0.39 is 6.10 Å². The first-order valence-electron chi connectivity index (χ1n) is 6.35. The maximum absolute atomic E-state index is 12.3. The highest BCUT2D eigenvalue weighted by Crippen LogP contribution is 2.24. The van der Waals surface area contributed by atoms with Gasteiger partial charge in [0, 0.05) is 19.0 Å². The van der Waals surface area contributed by atoms with Crippen LogP contribution in [0.25, 0.3) is 0 Å². The fraction of sp³-hybridized carbons (Fsp3) is 0.500. The lowest BCUT2D eigenvalue weighted by molar-refractivity contribution is 0.0464. The van der Waals surface area contributed by atoms with Gasteiger partial charge in [-0.05, 0) is 31.9 Å². The van der Waals surface area contributed by atoms with E-state index in [-0.39, 0.29) is 17.6 Å². The molecule has 18 heavy (non-hydrogen) atoms. The van der Waals surface area contributed by atoms with Crippen molar-refractivity contribution < 1.29 is 15.0 Å². The summed E-state index contributed by atoms with van der Waals surface area (Å²) < 4.78 is 0. The average Bonchev–Trinajstić information content (AvgIpc) is 2.38. The molecule has 1 aromatic rings. The molecule has 4 heteroatoms. The number of phenolic OH excluding ortho intramolecular Hbond substituents is 1. The number of rotatable bonds is 2. The van der Waals surface area contributed by atoms with Gasteiger partial charge in [-0.25, -0.2) is 0 Å². The van der Waals surface area contributed by atoms with Crippen LogP contribution in [0.2, 0.25) is 0 Å². The van der Waals surface area contributed by atoms with Crippen molar-refractivity contribution in [3.63, 3.8) is 0 Å². The number of phenols is 1. The van der Waals surface area contributed by atoms with Gasteiger partial charge in [0.25, 0.3) is 5.91 Å². The molecule has 0 aromatic heterocycles. The zero-order valence-electron chi connectivity index (χ0n) is 10.5. The SMILES string of the molecule is CC(O)C1CCCN(C(=O)c2ccccc2O)C1. The van der Waals surface area contributed by atoms with Gasteiger partial charge in [0.15, 0.2) is 0 Å². The predicted octanol–water partition coefficient (Wildman–Crippen LogP) is 1.63. The van der Waals surface area contributed by atoms with Crippen LogP contribution in [-0.4, -0.2) is 40.2 Å². The molecule has 98 valence electrons. The fourth-order valence-electron chi connectivity index (χ4n) is 2.41. The Bertz CT molecular complexity index is 431. The molecule has 0 saturated carbocycles. The van der Waals surface area contributed by atoms with E-state index in [0.717, 1.165) is 12.8 Å². The van der Waals surface area contributed by atoms with E-state index in [0.29, 0.717) is 18.7 Å². The van der Waals surface area contributed by atoms with Crippen LogP contribution in [-0.2, 0) is 0 Å². The van der Waals surface area contributed by atoms with Crippen LogP contribution < -0.4 is 0 Å². The van der Waals surface area contributed by atoms with Gasteiger partial charge < -0.3 is 15.1 Å². The summed E-state index contributed by atoms with van der Waals surface area (Å²) in [7, 11) is 0. The van der Waals surface area contributed by atoms with Crippen LogP contribution in [0, 0.1) is 5.92 Å². The van der Waals surface area contributed by atoms with E-state index in [2.05, 4.69) is 0 Å². The van der Waals surface area contributed by atoms with Crippen LogP contribution in [0.3, 0.4) is 0 Å². The van der Waals surface area contributed by atoms with Crippen molar-refractivity contribution in [3.8, 4) is 5.75 Å². The fourth-order valence-corrected chi connectivity index (χ4v) is 2.41. The lowest BCUT2D eigenvalue weighted by Crippen LogP contribution is -2.42. The number of carbonyl (C=O) groups excluding carboxylic acids is 1. The molecule has 2 atom stereocenters. The number of hydrogen-bond acceptors (Lipinski definition) is 3. The van der Waals surface area contributed by atoms with Crippen LogP contribution in [0.4, 0.5) is 0 Å². The Balaban J connectivity index is 2.12. The first kappa shape index (κ1) is 12.9. The van der Waals surface area contributed by atoms with E-state index in [1.54, 1.807) is 30.0 Å². The van der Waals surface area contributed by atoms with E-state index in [1.165, 1.54) is 6.07 Å². The number of benzene rings is 1. The molecule has 1 fully saturated rings. The van der Waals surface area contributed by atoms with E-state index >= 15 is 0 Å². The summed E-state index contributed by atoms with van der Waals surface area (Å²) in [4.78, 5) is 14.0. The Morgan fingerprint density at radius 1 is 1.44 bits per heavy atom. The number of likely N-dealkylation sites (tertiary alicyclic amines) is 1. The van der Waals surface area contributed by atoms with Gasteiger partial charge in [0.2, 0.25) is 0 Å². The number of amides is 1. The lowest BCUT2D eigenvalue weighted by Gasteiger charge is -2.34. The number of carbonyl (C=O) groups is 1. The molecule has 2 N–H and O–H groups in total. The first-order valence-corrected chi connectivity index (χ1v) is 6.35. The quantitative estimate of drug-likeness (QED) is 0.837. The molecule has 0 aliphatic carbocycles. The minimum atomic E-state index is -0.398. The zero-order valence-corrected chi connectivity index (χ0v) is 10.5. The lowest BCUT2D eigenvalue weighted by atomic mass is 9.93. The molecule has 4 nitrogen and oxygen atoms in total. The molecule has 2 rings (SSSR count). The van der Waals surface area contributed by atoms with E-state index in [4.69, 9.17) is 0 Å². The molecule has 1 aliphatic heterocycles. The Labute approximate surface area is 107 Å². The highest BCUT2D eigenvalue weighted by Gasteiger charge is 2.27. The summed E-state index contributed by atoms with van der Waals surface area (Å²) in [6, 6.07) is 6.58. The maximum Gasteiger partial charge on any atom is 0.257 e. The van der Waals surface area contributed by atoms with Crippen molar-refractivity contribution in [1.29, 1.82) is 0 Å². The average molecular weight is 249 g/mol. The summed E-state index contributed by atoms with van der Waals surface area (Å²) in [5, 5.41) is 19.3. The van der Waals surface area contributed by atoms with Gasteiger partial charge in [-0.1, -0.05) is 12.1 Å². The second kappa shape index (κ2) is 5.40. The van der Waals surface area contributed by atoms with Crippen molar-refractivity contribution in [1.82, 2.24) is 4.90 Å². The van der Waals surface area contributed by atoms with Crippen LogP contribution >= 0.6 is 0 Å². The molecule has 1 aromatic carbocycles. The molecular formula is C14H19NO3.